The second-order valence-corrected chi connectivity index (χ2v) is 5.08. The molecule has 1 unspecified atom stereocenters. The van der Waals surface area contributed by atoms with Crippen LogP contribution in [-0.4, -0.2) is 28.0 Å². The first kappa shape index (κ1) is 13.1. The van der Waals surface area contributed by atoms with Gasteiger partial charge >= 0.3 is 0 Å². The summed E-state index contributed by atoms with van der Waals surface area (Å²) in [5.74, 6) is 0.786. The van der Waals surface area contributed by atoms with Gasteiger partial charge in [0, 0.05) is 18.7 Å². The summed E-state index contributed by atoms with van der Waals surface area (Å²) in [6.45, 7) is 1.02. The van der Waals surface area contributed by atoms with E-state index in [0.29, 0.717) is 0 Å². The number of benzene rings is 1. The molecule has 5 heteroatoms. The Labute approximate surface area is 117 Å². The summed E-state index contributed by atoms with van der Waals surface area (Å²) in [6, 6.07) is 6.79. The van der Waals surface area contributed by atoms with Gasteiger partial charge in [-0.1, -0.05) is 12.1 Å². The summed E-state index contributed by atoms with van der Waals surface area (Å²) in [4.78, 5) is 0. The first-order valence-corrected chi connectivity index (χ1v) is 6.96. The summed E-state index contributed by atoms with van der Waals surface area (Å²) in [6.07, 6.45) is 4.26. The first-order chi connectivity index (χ1) is 9.79. The lowest BCUT2D eigenvalue weighted by Gasteiger charge is -2.26. The number of halogens is 1. The molecule has 1 aromatic heterocycles. The Morgan fingerprint density at radius 2 is 2.35 bits per heavy atom. The molecule has 2 aromatic rings. The first-order valence-electron chi connectivity index (χ1n) is 6.96. The topological polar surface area (TPSA) is 50.1 Å². The Morgan fingerprint density at radius 1 is 1.45 bits per heavy atom. The van der Waals surface area contributed by atoms with Gasteiger partial charge in [-0.15, -0.1) is 0 Å². The summed E-state index contributed by atoms with van der Waals surface area (Å²) in [7, 11) is 0. The number of nitrogens with zero attached hydrogens (tertiary/aromatic N) is 2. The smallest absolute Gasteiger partial charge is 0.128 e. The number of hydrogen-bond donors (Lipinski definition) is 2. The molecule has 106 valence electrons. The molecule has 0 saturated carbocycles. The molecule has 3 rings (SSSR count). The zero-order valence-electron chi connectivity index (χ0n) is 11.2. The number of aliphatic hydroxyl groups is 1. The Morgan fingerprint density at radius 3 is 3.15 bits per heavy atom. The van der Waals surface area contributed by atoms with Gasteiger partial charge in [0.15, 0.2) is 0 Å². The van der Waals surface area contributed by atoms with Gasteiger partial charge in [0.2, 0.25) is 0 Å². The lowest BCUT2D eigenvalue weighted by Crippen LogP contribution is -2.25. The van der Waals surface area contributed by atoms with E-state index >= 15 is 0 Å². The standard InChI is InChI=1S/C15H18FN3O/c16-13-5-1-3-11(9-13)14-6-7-17-15-12(4-2-8-20)10-18-19(14)15/h1,3,5,9-10,14,17,20H,2,4,6-8H2. The van der Waals surface area contributed by atoms with E-state index in [1.165, 1.54) is 6.07 Å². The van der Waals surface area contributed by atoms with Crippen molar-refractivity contribution >= 4 is 5.82 Å². The summed E-state index contributed by atoms with van der Waals surface area (Å²) in [5.41, 5.74) is 2.06. The van der Waals surface area contributed by atoms with Crippen LogP contribution in [-0.2, 0) is 6.42 Å². The van der Waals surface area contributed by atoms with Crippen LogP contribution in [0.25, 0.3) is 0 Å². The van der Waals surface area contributed by atoms with Crippen LogP contribution in [0, 0.1) is 5.82 Å². The third kappa shape index (κ3) is 2.41. The van der Waals surface area contributed by atoms with Gasteiger partial charge in [-0.2, -0.15) is 5.10 Å². The van der Waals surface area contributed by atoms with Crippen LogP contribution in [0.2, 0.25) is 0 Å². The zero-order valence-corrected chi connectivity index (χ0v) is 11.2. The van der Waals surface area contributed by atoms with Crippen molar-refractivity contribution in [3.63, 3.8) is 0 Å². The van der Waals surface area contributed by atoms with Gasteiger partial charge in [0.1, 0.15) is 11.6 Å². The van der Waals surface area contributed by atoms with Gasteiger partial charge in [-0.25, -0.2) is 9.07 Å². The molecule has 2 N–H and O–H groups in total. The van der Waals surface area contributed by atoms with Gasteiger partial charge in [-0.3, -0.25) is 0 Å². The minimum Gasteiger partial charge on any atom is -0.396 e. The Balaban J connectivity index is 1.92. The monoisotopic (exact) mass is 275 g/mol. The Hall–Kier alpha value is -1.88. The number of hydrogen-bond acceptors (Lipinski definition) is 3. The van der Waals surface area contributed by atoms with Gasteiger partial charge in [0.05, 0.1) is 12.2 Å². The van der Waals surface area contributed by atoms with E-state index < -0.39 is 0 Å². The molecule has 4 nitrogen and oxygen atoms in total. The number of aromatic nitrogens is 2. The summed E-state index contributed by atoms with van der Waals surface area (Å²) in [5, 5.41) is 16.7. The lowest BCUT2D eigenvalue weighted by atomic mass is 10.0. The SMILES string of the molecule is OCCCc1cnn2c1NCCC2c1cccc(F)c1. The second kappa shape index (κ2) is 5.63. The summed E-state index contributed by atoms with van der Waals surface area (Å²) >= 11 is 0. The number of rotatable bonds is 4. The van der Waals surface area contributed by atoms with Crippen LogP contribution in [0.15, 0.2) is 30.5 Å². The van der Waals surface area contributed by atoms with Crippen LogP contribution in [0.4, 0.5) is 10.2 Å². The van der Waals surface area contributed by atoms with Crippen molar-refractivity contribution in [2.45, 2.75) is 25.3 Å². The molecule has 1 aromatic carbocycles. The molecular formula is C15H18FN3O. The maximum atomic E-state index is 13.4. The van der Waals surface area contributed by atoms with Crippen molar-refractivity contribution in [2.75, 3.05) is 18.5 Å². The molecule has 0 bridgehead atoms. The van der Waals surface area contributed by atoms with Crippen molar-refractivity contribution in [3.05, 3.63) is 47.4 Å². The highest BCUT2D eigenvalue weighted by atomic mass is 19.1. The van der Waals surface area contributed by atoms with Crippen molar-refractivity contribution in [2.24, 2.45) is 0 Å². The molecule has 0 spiro atoms. The molecule has 2 heterocycles. The van der Waals surface area contributed by atoms with Crippen LogP contribution in [0.5, 0.6) is 0 Å². The van der Waals surface area contributed by atoms with Crippen molar-refractivity contribution < 1.29 is 9.50 Å². The number of anilines is 1. The second-order valence-electron chi connectivity index (χ2n) is 5.08. The molecule has 1 atom stereocenters. The van der Waals surface area contributed by atoms with Crippen molar-refractivity contribution in [1.82, 2.24) is 9.78 Å². The molecule has 0 aliphatic carbocycles. The molecule has 1 aliphatic heterocycles. The minimum absolute atomic E-state index is 0.0739. The van der Waals surface area contributed by atoms with E-state index in [1.54, 1.807) is 12.1 Å². The van der Waals surface area contributed by atoms with E-state index in [0.717, 1.165) is 42.8 Å². The fourth-order valence-corrected chi connectivity index (χ4v) is 2.75. The number of nitrogens with one attached hydrogen (secondary N) is 1. The number of aliphatic hydroxyl groups excluding tert-OH is 1. The van der Waals surface area contributed by atoms with Crippen LogP contribution >= 0.6 is 0 Å². The van der Waals surface area contributed by atoms with E-state index in [9.17, 15) is 4.39 Å². The Kier molecular flexibility index (Phi) is 3.69. The zero-order chi connectivity index (χ0) is 13.9. The molecule has 0 fully saturated rings. The third-order valence-corrected chi connectivity index (χ3v) is 3.71. The predicted molar refractivity (Wildman–Crippen MR) is 75.3 cm³/mol. The number of aryl methyl sites for hydroxylation is 1. The van der Waals surface area contributed by atoms with Crippen LogP contribution < -0.4 is 5.32 Å². The van der Waals surface area contributed by atoms with Gasteiger partial charge in [-0.05, 0) is 37.0 Å². The van der Waals surface area contributed by atoms with Crippen LogP contribution in [0.3, 0.4) is 0 Å². The average Bonchev–Trinajstić information content (AvgIpc) is 2.88. The molecular weight excluding hydrogens is 257 g/mol. The van der Waals surface area contributed by atoms with E-state index in [2.05, 4.69) is 10.4 Å². The largest absolute Gasteiger partial charge is 0.396 e. The van der Waals surface area contributed by atoms with Gasteiger partial charge < -0.3 is 10.4 Å². The maximum Gasteiger partial charge on any atom is 0.128 e. The highest BCUT2D eigenvalue weighted by Gasteiger charge is 2.24. The van der Waals surface area contributed by atoms with Crippen molar-refractivity contribution in [3.8, 4) is 0 Å². The maximum absolute atomic E-state index is 13.4. The predicted octanol–water partition coefficient (Wildman–Crippen LogP) is 2.35. The normalized spacial score (nSPS) is 17.6. The number of fused-ring (bicyclic) bond motifs is 1. The lowest BCUT2D eigenvalue weighted by molar-refractivity contribution is 0.288. The highest BCUT2D eigenvalue weighted by Crippen LogP contribution is 2.31. The molecule has 0 radical (unpaired) electrons. The Bertz CT molecular complexity index is 597. The molecule has 0 saturated heterocycles. The van der Waals surface area contributed by atoms with Crippen molar-refractivity contribution in [1.29, 1.82) is 0 Å². The van der Waals surface area contributed by atoms with Crippen LogP contribution in [0.1, 0.15) is 30.0 Å². The fraction of sp³-hybridized carbons (Fsp3) is 0.400. The van der Waals surface area contributed by atoms with E-state index in [1.807, 2.05) is 16.9 Å². The molecule has 20 heavy (non-hydrogen) atoms. The average molecular weight is 275 g/mol. The third-order valence-electron chi connectivity index (χ3n) is 3.71. The summed E-state index contributed by atoms with van der Waals surface area (Å²) < 4.78 is 15.3. The molecule has 0 amide bonds. The van der Waals surface area contributed by atoms with E-state index in [-0.39, 0.29) is 18.5 Å². The van der Waals surface area contributed by atoms with Gasteiger partial charge in [0.25, 0.3) is 0 Å². The van der Waals surface area contributed by atoms with E-state index in [4.69, 9.17) is 5.11 Å². The molecule has 1 aliphatic rings. The minimum atomic E-state index is -0.213. The quantitative estimate of drug-likeness (QED) is 0.900. The fourth-order valence-electron chi connectivity index (χ4n) is 2.75. The highest BCUT2D eigenvalue weighted by molar-refractivity contribution is 5.47.